The first-order chi connectivity index (χ1) is 12.1. The van der Waals surface area contributed by atoms with Crippen LogP contribution < -0.4 is 5.73 Å². The van der Waals surface area contributed by atoms with E-state index in [1.807, 2.05) is 41.8 Å². The maximum absolute atomic E-state index is 12.6. The predicted molar refractivity (Wildman–Crippen MR) is 107 cm³/mol. The maximum Gasteiger partial charge on any atom is 0.410 e. The Hall–Kier alpha value is -1.37. The van der Waals surface area contributed by atoms with E-state index in [0.717, 1.165) is 34.2 Å². The average Bonchev–Trinajstić information content (AvgIpc) is 3.12. The highest BCUT2D eigenvalue weighted by molar-refractivity contribution is 9.10. The van der Waals surface area contributed by atoms with Gasteiger partial charge in [0.1, 0.15) is 6.61 Å². The molecule has 1 aromatic carbocycles. The molecule has 136 valence electrons. The molecule has 0 bridgehead atoms. The van der Waals surface area contributed by atoms with Crippen molar-refractivity contribution in [3.63, 3.8) is 0 Å². The number of nitrogens with two attached hydrogens (primary N) is 1. The zero-order chi connectivity index (χ0) is 18.1. The highest BCUT2D eigenvalue weighted by atomic mass is 79.9. The van der Waals surface area contributed by atoms with Crippen LogP contribution in [0.2, 0.25) is 0 Å². The average molecular weight is 425 g/mol. The molecule has 0 aliphatic heterocycles. The number of ether oxygens (including phenoxy) is 1. The molecule has 0 fully saturated rings. The second kappa shape index (κ2) is 10.6. The fourth-order valence-corrected chi connectivity index (χ4v) is 3.39. The SMILES string of the molecule is CCCC[C@H](N)COC(=O)N(Cc1ccc(Br)cc1)Cc1cccs1. The van der Waals surface area contributed by atoms with Crippen LogP contribution in [0.5, 0.6) is 0 Å². The first-order valence-electron chi connectivity index (χ1n) is 8.52. The zero-order valence-electron chi connectivity index (χ0n) is 14.5. The van der Waals surface area contributed by atoms with Gasteiger partial charge in [0, 0.05) is 21.9 Å². The third kappa shape index (κ3) is 7.18. The van der Waals surface area contributed by atoms with E-state index in [9.17, 15) is 4.79 Å². The monoisotopic (exact) mass is 424 g/mol. The summed E-state index contributed by atoms with van der Waals surface area (Å²) in [7, 11) is 0. The number of carbonyl (C=O) groups excluding carboxylic acids is 1. The van der Waals surface area contributed by atoms with E-state index in [-0.39, 0.29) is 18.7 Å². The van der Waals surface area contributed by atoms with Crippen LogP contribution in [0.15, 0.2) is 46.3 Å². The minimum atomic E-state index is -0.316. The number of unbranched alkanes of at least 4 members (excludes halogenated alkanes) is 1. The Morgan fingerprint density at radius 2 is 2.04 bits per heavy atom. The van der Waals surface area contributed by atoms with E-state index in [0.29, 0.717) is 13.1 Å². The standard InChI is InChI=1S/C19H25BrN2O2S/c1-2-3-5-17(21)14-24-19(23)22(13-18-6-4-11-25-18)12-15-7-9-16(20)10-8-15/h4,6-11,17H,2-3,5,12-14,21H2,1H3/t17-/m0/s1. The fraction of sp³-hybridized carbons (Fsp3) is 0.421. The Kier molecular flexibility index (Phi) is 8.44. The van der Waals surface area contributed by atoms with Gasteiger partial charge in [0.25, 0.3) is 0 Å². The van der Waals surface area contributed by atoms with Crippen LogP contribution in [-0.4, -0.2) is 23.6 Å². The molecule has 2 N–H and O–H groups in total. The van der Waals surface area contributed by atoms with Crippen LogP contribution in [0.25, 0.3) is 0 Å². The molecule has 1 amide bonds. The summed E-state index contributed by atoms with van der Waals surface area (Å²) in [5, 5.41) is 2.01. The minimum absolute atomic E-state index is 0.0971. The van der Waals surface area contributed by atoms with E-state index in [1.54, 1.807) is 16.2 Å². The molecule has 0 radical (unpaired) electrons. The highest BCUT2D eigenvalue weighted by Crippen LogP contribution is 2.17. The molecular formula is C19H25BrN2O2S. The number of carbonyl (C=O) groups is 1. The van der Waals surface area contributed by atoms with Gasteiger partial charge in [-0.25, -0.2) is 4.79 Å². The Labute approximate surface area is 162 Å². The molecule has 0 unspecified atom stereocenters. The summed E-state index contributed by atoms with van der Waals surface area (Å²) < 4.78 is 6.48. The van der Waals surface area contributed by atoms with Crippen molar-refractivity contribution >= 4 is 33.4 Å². The molecule has 0 spiro atoms. The molecule has 4 nitrogen and oxygen atoms in total. The largest absolute Gasteiger partial charge is 0.448 e. The van der Waals surface area contributed by atoms with Gasteiger partial charge in [-0.2, -0.15) is 0 Å². The van der Waals surface area contributed by atoms with Gasteiger partial charge < -0.3 is 10.5 Å². The summed E-state index contributed by atoms with van der Waals surface area (Å²) in [5.74, 6) is 0. The van der Waals surface area contributed by atoms with Crippen molar-refractivity contribution in [3.8, 4) is 0 Å². The first kappa shape index (κ1) is 19.9. The second-order valence-corrected chi connectivity index (χ2v) is 7.99. The van der Waals surface area contributed by atoms with Crippen LogP contribution in [-0.2, 0) is 17.8 Å². The molecule has 1 atom stereocenters. The third-order valence-electron chi connectivity index (χ3n) is 3.82. The molecule has 25 heavy (non-hydrogen) atoms. The van der Waals surface area contributed by atoms with Crippen molar-refractivity contribution in [2.75, 3.05) is 6.61 Å². The van der Waals surface area contributed by atoms with Crippen LogP contribution in [0.4, 0.5) is 4.79 Å². The van der Waals surface area contributed by atoms with Crippen molar-refractivity contribution in [1.29, 1.82) is 0 Å². The molecule has 2 aromatic rings. The lowest BCUT2D eigenvalue weighted by molar-refractivity contribution is 0.0911. The van der Waals surface area contributed by atoms with Crippen LogP contribution >= 0.6 is 27.3 Å². The molecule has 0 aliphatic carbocycles. The van der Waals surface area contributed by atoms with E-state index in [1.165, 1.54) is 0 Å². The van der Waals surface area contributed by atoms with Crippen molar-refractivity contribution in [1.82, 2.24) is 4.90 Å². The molecule has 0 saturated heterocycles. The number of nitrogens with zero attached hydrogens (tertiary/aromatic N) is 1. The summed E-state index contributed by atoms with van der Waals surface area (Å²) >= 11 is 5.07. The summed E-state index contributed by atoms with van der Waals surface area (Å²) in [6.45, 7) is 3.44. The Morgan fingerprint density at radius 1 is 1.28 bits per heavy atom. The second-order valence-electron chi connectivity index (χ2n) is 6.04. The van der Waals surface area contributed by atoms with Crippen molar-refractivity contribution in [2.24, 2.45) is 5.73 Å². The van der Waals surface area contributed by atoms with Crippen LogP contribution in [0.3, 0.4) is 0 Å². The minimum Gasteiger partial charge on any atom is -0.448 e. The molecule has 1 heterocycles. The quantitative estimate of drug-likeness (QED) is 0.603. The van der Waals surface area contributed by atoms with Crippen molar-refractivity contribution in [3.05, 3.63) is 56.7 Å². The summed E-state index contributed by atoms with van der Waals surface area (Å²) in [5.41, 5.74) is 7.08. The van der Waals surface area contributed by atoms with Gasteiger partial charge in [-0.15, -0.1) is 11.3 Å². The number of hydrogen-bond acceptors (Lipinski definition) is 4. The number of hydrogen-bond donors (Lipinski definition) is 1. The number of thiophene rings is 1. The molecule has 0 aliphatic rings. The summed E-state index contributed by atoms with van der Waals surface area (Å²) in [4.78, 5) is 15.4. The van der Waals surface area contributed by atoms with E-state index in [4.69, 9.17) is 10.5 Å². The molecule has 1 aromatic heterocycles. The lowest BCUT2D eigenvalue weighted by atomic mass is 10.1. The van der Waals surface area contributed by atoms with Crippen molar-refractivity contribution < 1.29 is 9.53 Å². The number of benzene rings is 1. The molecule has 6 heteroatoms. The van der Waals surface area contributed by atoms with Gasteiger partial charge in [-0.05, 0) is 35.6 Å². The topological polar surface area (TPSA) is 55.6 Å². The van der Waals surface area contributed by atoms with Gasteiger partial charge in [-0.1, -0.05) is 53.9 Å². The van der Waals surface area contributed by atoms with Gasteiger partial charge in [0.15, 0.2) is 0 Å². The molecule has 0 saturated carbocycles. The van der Waals surface area contributed by atoms with Gasteiger partial charge in [0.05, 0.1) is 6.54 Å². The van der Waals surface area contributed by atoms with Crippen molar-refractivity contribution in [2.45, 2.75) is 45.3 Å². The Balaban J connectivity index is 1.97. The normalized spacial score (nSPS) is 12.0. The van der Waals surface area contributed by atoms with Gasteiger partial charge >= 0.3 is 6.09 Å². The summed E-state index contributed by atoms with van der Waals surface area (Å²) in [6.07, 6.45) is 2.71. The smallest absolute Gasteiger partial charge is 0.410 e. The fourth-order valence-electron chi connectivity index (χ4n) is 2.41. The van der Waals surface area contributed by atoms with E-state index in [2.05, 4.69) is 22.9 Å². The lowest BCUT2D eigenvalue weighted by Gasteiger charge is -2.23. The van der Waals surface area contributed by atoms with Crippen LogP contribution in [0, 0.1) is 0 Å². The van der Waals surface area contributed by atoms with Crippen LogP contribution in [0.1, 0.15) is 36.6 Å². The first-order valence-corrected chi connectivity index (χ1v) is 10.2. The zero-order valence-corrected chi connectivity index (χ0v) is 16.9. The predicted octanol–water partition coefficient (Wildman–Crippen LogP) is 5.17. The third-order valence-corrected chi connectivity index (χ3v) is 5.21. The molecule has 2 rings (SSSR count). The summed E-state index contributed by atoms with van der Waals surface area (Å²) in [6, 6.07) is 11.9. The number of amides is 1. The van der Waals surface area contributed by atoms with E-state index < -0.39 is 0 Å². The number of halogens is 1. The van der Waals surface area contributed by atoms with Gasteiger partial charge in [-0.3, -0.25) is 4.90 Å². The van der Waals surface area contributed by atoms with E-state index >= 15 is 0 Å². The number of rotatable bonds is 9. The molecular weight excluding hydrogens is 400 g/mol. The maximum atomic E-state index is 12.6. The lowest BCUT2D eigenvalue weighted by Crippen LogP contribution is -2.34. The Bertz CT molecular complexity index is 631. The Morgan fingerprint density at radius 3 is 2.68 bits per heavy atom. The highest BCUT2D eigenvalue weighted by Gasteiger charge is 2.18. The van der Waals surface area contributed by atoms with Gasteiger partial charge in [0.2, 0.25) is 0 Å².